The summed E-state index contributed by atoms with van der Waals surface area (Å²) in [5.41, 5.74) is -0.752. The number of aromatic amines is 1. The summed E-state index contributed by atoms with van der Waals surface area (Å²) in [6, 6.07) is 2.30. The van der Waals surface area contributed by atoms with Crippen molar-refractivity contribution in [1.29, 1.82) is 0 Å². The predicted octanol–water partition coefficient (Wildman–Crippen LogP) is 0.152. The molecule has 0 aliphatic rings. The van der Waals surface area contributed by atoms with E-state index in [9.17, 15) is 14.4 Å². The largest absolute Gasteiger partial charge is 0.297 e. The van der Waals surface area contributed by atoms with Gasteiger partial charge in [0.2, 0.25) is 0 Å². The maximum atomic E-state index is 11.5. The number of carbonyl (C=O) groups is 1. The molecule has 5 nitrogen and oxygen atoms in total. The molecule has 5 heteroatoms. The van der Waals surface area contributed by atoms with Crippen LogP contribution in [-0.4, -0.2) is 15.6 Å². The van der Waals surface area contributed by atoms with E-state index in [1.807, 2.05) is 6.92 Å². The van der Waals surface area contributed by atoms with Gasteiger partial charge in [-0.2, -0.15) is 0 Å². The normalized spacial score (nSPS) is 12.4. The van der Waals surface area contributed by atoms with E-state index in [1.54, 1.807) is 6.92 Å². The fourth-order valence-corrected chi connectivity index (χ4v) is 1.12. The average Bonchev–Trinajstić information content (AvgIpc) is 2.22. The Morgan fingerprint density at radius 1 is 1.47 bits per heavy atom. The number of ketones is 1. The monoisotopic (exact) mass is 210 g/mol. The molecule has 0 saturated heterocycles. The molecule has 0 saturated carbocycles. The lowest BCUT2D eigenvalue weighted by Gasteiger charge is -2.08. The second kappa shape index (κ2) is 4.72. The molecule has 1 aromatic rings. The molecule has 0 aromatic carbocycles. The van der Waals surface area contributed by atoms with Crippen LogP contribution in [0.4, 0.5) is 0 Å². The highest BCUT2D eigenvalue weighted by atomic mass is 16.2. The molecule has 0 spiro atoms. The molecule has 0 fully saturated rings. The lowest BCUT2D eigenvalue weighted by molar-refractivity contribution is -0.123. The number of Topliss-reactive ketones (excluding diaryl/α,β-unsaturated/α-hetero) is 1. The summed E-state index contributed by atoms with van der Waals surface area (Å²) in [5, 5.41) is 2.31. The van der Waals surface area contributed by atoms with Gasteiger partial charge in [-0.1, -0.05) is 13.8 Å². The Hall–Kier alpha value is -1.65. The first-order chi connectivity index (χ1) is 7.04. The Kier molecular flexibility index (Phi) is 3.60. The number of hydrogen-bond acceptors (Lipinski definition) is 3. The van der Waals surface area contributed by atoms with E-state index in [1.165, 1.54) is 0 Å². The zero-order valence-electron chi connectivity index (χ0n) is 8.82. The summed E-state index contributed by atoms with van der Waals surface area (Å²) in [7, 11) is 0. The van der Waals surface area contributed by atoms with Gasteiger partial charge in [0, 0.05) is 18.1 Å². The van der Waals surface area contributed by atoms with Gasteiger partial charge in [0.05, 0.1) is 0 Å². The third kappa shape index (κ3) is 2.90. The molecule has 82 valence electrons. The summed E-state index contributed by atoms with van der Waals surface area (Å²) >= 11 is 0. The average molecular weight is 210 g/mol. The molecule has 0 radical (unpaired) electrons. The van der Waals surface area contributed by atoms with Crippen molar-refractivity contribution in [1.82, 2.24) is 9.78 Å². The van der Waals surface area contributed by atoms with Crippen molar-refractivity contribution in [3.05, 3.63) is 32.8 Å². The molecule has 1 atom stereocenters. The van der Waals surface area contributed by atoms with Crippen LogP contribution in [0.25, 0.3) is 0 Å². The molecule has 0 aliphatic heterocycles. The van der Waals surface area contributed by atoms with E-state index < -0.39 is 0 Å². The number of aromatic nitrogens is 2. The van der Waals surface area contributed by atoms with Crippen molar-refractivity contribution in [2.45, 2.75) is 26.8 Å². The van der Waals surface area contributed by atoms with Crippen LogP contribution >= 0.6 is 0 Å². The van der Waals surface area contributed by atoms with Gasteiger partial charge < -0.3 is 0 Å². The maximum Gasteiger partial charge on any atom is 0.265 e. The Labute approximate surface area is 86.7 Å². The van der Waals surface area contributed by atoms with Gasteiger partial charge in [0.1, 0.15) is 6.54 Å². The smallest absolute Gasteiger partial charge is 0.265 e. The van der Waals surface area contributed by atoms with Gasteiger partial charge in [-0.25, -0.2) is 4.68 Å². The highest BCUT2D eigenvalue weighted by Gasteiger charge is 2.11. The van der Waals surface area contributed by atoms with Crippen molar-refractivity contribution < 1.29 is 4.79 Å². The fourth-order valence-electron chi connectivity index (χ4n) is 1.12. The second-order valence-corrected chi connectivity index (χ2v) is 3.51. The van der Waals surface area contributed by atoms with E-state index in [4.69, 9.17) is 0 Å². The van der Waals surface area contributed by atoms with E-state index in [0.717, 1.165) is 23.2 Å². The minimum atomic E-state index is -0.383. The van der Waals surface area contributed by atoms with E-state index in [2.05, 4.69) is 5.10 Å². The molecule has 1 unspecified atom stereocenters. The Morgan fingerprint density at radius 2 is 2.13 bits per heavy atom. The molecule has 0 amide bonds. The first kappa shape index (κ1) is 11.4. The van der Waals surface area contributed by atoms with Crippen molar-refractivity contribution in [2.24, 2.45) is 5.92 Å². The van der Waals surface area contributed by atoms with Gasteiger partial charge in [-0.3, -0.25) is 19.5 Å². The van der Waals surface area contributed by atoms with Gasteiger partial charge in [-0.15, -0.1) is 0 Å². The van der Waals surface area contributed by atoms with Crippen LogP contribution in [0.3, 0.4) is 0 Å². The highest BCUT2D eigenvalue weighted by molar-refractivity contribution is 5.80. The zero-order valence-corrected chi connectivity index (χ0v) is 8.82. The molecule has 0 aliphatic carbocycles. The number of hydrogen-bond donors (Lipinski definition) is 1. The van der Waals surface area contributed by atoms with Crippen LogP contribution < -0.4 is 11.1 Å². The summed E-state index contributed by atoms with van der Waals surface area (Å²) < 4.78 is 1.04. The van der Waals surface area contributed by atoms with Crippen LogP contribution in [0.1, 0.15) is 20.3 Å². The number of rotatable bonds is 4. The Morgan fingerprint density at radius 3 is 2.73 bits per heavy atom. The minimum absolute atomic E-state index is 0.0542. The number of nitrogens with one attached hydrogen (secondary N) is 1. The molecule has 1 heterocycles. The van der Waals surface area contributed by atoms with Gasteiger partial charge in [-0.05, 0) is 6.42 Å². The third-order valence-electron chi connectivity index (χ3n) is 2.36. The number of nitrogens with zero attached hydrogens (tertiary/aromatic N) is 1. The van der Waals surface area contributed by atoms with Crippen LogP contribution in [0.15, 0.2) is 21.7 Å². The molecule has 1 aromatic heterocycles. The Bertz CT molecular complexity index is 458. The third-order valence-corrected chi connectivity index (χ3v) is 2.36. The van der Waals surface area contributed by atoms with Crippen LogP contribution in [0, 0.1) is 5.92 Å². The maximum absolute atomic E-state index is 11.5. The fraction of sp³-hybridized carbons (Fsp3) is 0.500. The van der Waals surface area contributed by atoms with Crippen molar-refractivity contribution in [2.75, 3.05) is 0 Å². The van der Waals surface area contributed by atoms with E-state index in [-0.39, 0.29) is 29.4 Å². The SMILES string of the molecule is CCC(C)C(=O)Cn1[nH]c(=O)ccc1=O. The summed E-state index contributed by atoms with van der Waals surface area (Å²) in [6.45, 7) is 3.64. The Balaban J connectivity index is 2.90. The predicted molar refractivity (Wildman–Crippen MR) is 55.8 cm³/mol. The molecule has 1 N–H and O–H groups in total. The van der Waals surface area contributed by atoms with Crippen LogP contribution in [0.2, 0.25) is 0 Å². The van der Waals surface area contributed by atoms with Gasteiger partial charge >= 0.3 is 0 Å². The van der Waals surface area contributed by atoms with Crippen molar-refractivity contribution in [3.63, 3.8) is 0 Å². The minimum Gasteiger partial charge on any atom is -0.297 e. The quantitative estimate of drug-likeness (QED) is 0.769. The lowest BCUT2D eigenvalue weighted by atomic mass is 10.0. The van der Waals surface area contributed by atoms with Crippen LogP contribution in [-0.2, 0) is 11.3 Å². The zero-order chi connectivity index (χ0) is 11.4. The van der Waals surface area contributed by atoms with E-state index >= 15 is 0 Å². The summed E-state index contributed by atoms with van der Waals surface area (Å²) in [4.78, 5) is 33.7. The van der Waals surface area contributed by atoms with Crippen molar-refractivity contribution in [3.8, 4) is 0 Å². The molecule has 15 heavy (non-hydrogen) atoms. The first-order valence-corrected chi connectivity index (χ1v) is 4.87. The number of H-pyrrole nitrogens is 1. The molecular weight excluding hydrogens is 196 g/mol. The van der Waals surface area contributed by atoms with Gasteiger partial charge in [0.25, 0.3) is 11.1 Å². The standard InChI is InChI=1S/C10H14N2O3/c1-3-7(2)8(13)6-12-10(15)5-4-9(14)11-12/h4-5,7H,3,6H2,1-2H3,(H,11,14). The highest BCUT2D eigenvalue weighted by Crippen LogP contribution is 2.02. The lowest BCUT2D eigenvalue weighted by Crippen LogP contribution is -2.32. The van der Waals surface area contributed by atoms with E-state index in [0.29, 0.717) is 0 Å². The summed E-state index contributed by atoms with van der Waals surface area (Å²) in [6.07, 6.45) is 0.727. The van der Waals surface area contributed by atoms with Crippen LogP contribution in [0.5, 0.6) is 0 Å². The second-order valence-electron chi connectivity index (χ2n) is 3.51. The topological polar surface area (TPSA) is 71.9 Å². The molecular formula is C10H14N2O3. The molecule has 1 rings (SSSR count). The number of carbonyl (C=O) groups excluding carboxylic acids is 1. The summed E-state index contributed by atoms with van der Waals surface area (Å²) in [5.74, 6) is -0.151. The van der Waals surface area contributed by atoms with Gasteiger partial charge in [0.15, 0.2) is 5.78 Å². The van der Waals surface area contributed by atoms with Crippen molar-refractivity contribution >= 4 is 5.78 Å². The first-order valence-electron chi connectivity index (χ1n) is 4.87. The molecule has 0 bridgehead atoms.